The molecule has 0 spiro atoms. The zero-order chi connectivity index (χ0) is 26.8. The molecule has 5 rings (SSSR count). The van der Waals surface area contributed by atoms with E-state index in [2.05, 4.69) is 30.6 Å². The van der Waals surface area contributed by atoms with E-state index in [0.717, 1.165) is 23.3 Å². The molecule has 2 aliphatic heterocycles. The molecule has 0 radical (unpaired) electrons. The number of benzene rings is 1. The van der Waals surface area contributed by atoms with Gasteiger partial charge in [0.25, 0.3) is 6.43 Å². The molecule has 2 aromatic heterocycles. The minimum Gasteiger partial charge on any atom is -0.479 e. The van der Waals surface area contributed by atoms with E-state index in [4.69, 9.17) is 9.47 Å². The van der Waals surface area contributed by atoms with Gasteiger partial charge in [-0.3, -0.25) is 9.89 Å². The first-order valence-electron chi connectivity index (χ1n) is 12.7. The van der Waals surface area contributed by atoms with Crippen LogP contribution in [0.3, 0.4) is 0 Å². The third-order valence-corrected chi connectivity index (χ3v) is 6.98. The fraction of sp³-hybridized carbons (Fsp3) is 0.500. The van der Waals surface area contributed by atoms with E-state index < -0.39 is 25.2 Å². The molecule has 9 nitrogen and oxygen atoms in total. The Labute approximate surface area is 219 Å². The molecule has 3 aromatic rings. The number of hydrogen-bond acceptors (Lipinski definition) is 8. The highest BCUT2D eigenvalue weighted by atomic mass is 19.3. The van der Waals surface area contributed by atoms with E-state index in [-0.39, 0.29) is 12.0 Å². The van der Waals surface area contributed by atoms with Crippen LogP contribution in [0.15, 0.2) is 35.5 Å². The molecule has 2 aliphatic rings. The van der Waals surface area contributed by atoms with Crippen LogP contribution in [0.5, 0.6) is 5.88 Å². The number of anilines is 2. The largest absolute Gasteiger partial charge is 0.479 e. The maximum atomic E-state index is 14.8. The second-order valence-electron chi connectivity index (χ2n) is 9.58. The van der Waals surface area contributed by atoms with E-state index in [1.54, 1.807) is 22.8 Å². The van der Waals surface area contributed by atoms with Gasteiger partial charge in [-0.15, -0.1) is 5.10 Å². The van der Waals surface area contributed by atoms with Crippen molar-refractivity contribution in [3.05, 3.63) is 30.5 Å². The second-order valence-corrected chi connectivity index (χ2v) is 9.58. The van der Waals surface area contributed by atoms with Gasteiger partial charge in [-0.25, -0.2) is 17.7 Å². The van der Waals surface area contributed by atoms with Crippen molar-refractivity contribution in [3.8, 4) is 17.0 Å². The van der Waals surface area contributed by atoms with Crippen molar-refractivity contribution < 1.29 is 22.6 Å². The minimum absolute atomic E-state index is 0.257. The van der Waals surface area contributed by atoms with Gasteiger partial charge in [0.1, 0.15) is 11.7 Å². The van der Waals surface area contributed by atoms with Gasteiger partial charge in [0, 0.05) is 30.6 Å². The summed E-state index contributed by atoms with van der Waals surface area (Å²) in [6, 6.07) is 7.13. The highest BCUT2D eigenvalue weighted by Gasteiger charge is 2.39. The van der Waals surface area contributed by atoms with E-state index in [0.29, 0.717) is 49.1 Å². The van der Waals surface area contributed by atoms with E-state index in [9.17, 15) is 13.2 Å². The number of aromatic nitrogens is 3. The Kier molecular flexibility index (Phi) is 7.70. The van der Waals surface area contributed by atoms with Crippen LogP contribution in [0.2, 0.25) is 0 Å². The molecule has 38 heavy (non-hydrogen) atoms. The zero-order valence-electron chi connectivity index (χ0n) is 21.6. The molecule has 0 amide bonds. The lowest BCUT2D eigenvalue weighted by molar-refractivity contribution is -0.0585. The number of alkyl halides is 3. The van der Waals surface area contributed by atoms with Gasteiger partial charge in [-0.1, -0.05) is 13.0 Å². The Balaban J connectivity index is 1.44. The third-order valence-electron chi connectivity index (χ3n) is 6.98. The van der Waals surface area contributed by atoms with Gasteiger partial charge in [0.05, 0.1) is 50.3 Å². The lowest BCUT2D eigenvalue weighted by Gasteiger charge is -2.34. The van der Waals surface area contributed by atoms with Crippen molar-refractivity contribution in [2.75, 3.05) is 50.6 Å². The molecule has 0 unspecified atom stereocenters. The van der Waals surface area contributed by atoms with Crippen molar-refractivity contribution >= 4 is 28.6 Å². The summed E-state index contributed by atoms with van der Waals surface area (Å²) < 4.78 is 53.2. The number of rotatable bonds is 10. The summed E-state index contributed by atoms with van der Waals surface area (Å²) in [5.41, 5.74) is 4.12. The molecule has 12 heteroatoms. The summed E-state index contributed by atoms with van der Waals surface area (Å²) >= 11 is 0. The number of likely N-dealkylation sites (tertiary alicyclic amines) is 1. The van der Waals surface area contributed by atoms with Gasteiger partial charge in [0.15, 0.2) is 0 Å². The first-order valence-corrected chi connectivity index (χ1v) is 12.7. The standard InChI is InChI=1S/C26H32F3N7O2/c1-4-15(2)31-20-6-5-16(9-21(20)30-10-23(28)29)18-7-8-36-24(18)25(37-3)33-26(34-36)32-22-12-35(11-19(22)27)17-13-38-14-17/h5-9,17,19,22-23,30H,4,10-14H2,1-3H3,(H,32,34)/t19-,22+/m0/s1. The highest BCUT2D eigenvalue weighted by Crippen LogP contribution is 2.36. The Morgan fingerprint density at radius 2 is 2.08 bits per heavy atom. The fourth-order valence-electron chi connectivity index (χ4n) is 4.67. The van der Waals surface area contributed by atoms with Crippen molar-refractivity contribution in [1.82, 2.24) is 19.5 Å². The van der Waals surface area contributed by atoms with Gasteiger partial charge in [-0.05, 0) is 37.1 Å². The normalized spacial score (nSPS) is 20.8. The van der Waals surface area contributed by atoms with Crippen LogP contribution in [-0.2, 0) is 4.74 Å². The summed E-state index contributed by atoms with van der Waals surface area (Å²) in [5, 5.41) is 10.5. The molecule has 0 saturated carbocycles. The van der Waals surface area contributed by atoms with E-state index in [1.165, 1.54) is 7.11 Å². The zero-order valence-corrected chi connectivity index (χ0v) is 21.6. The maximum absolute atomic E-state index is 14.8. The molecule has 2 fully saturated rings. The van der Waals surface area contributed by atoms with Crippen LogP contribution in [0.25, 0.3) is 16.6 Å². The average Bonchev–Trinajstić information content (AvgIpc) is 3.45. The average molecular weight is 532 g/mol. The summed E-state index contributed by atoms with van der Waals surface area (Å²) in [6.45, 7) is 5.55. The Hall–Kier alpha value is -3.38. The summed E-state index contributed by atoms with van der Waals surface area (Å²) in [5.74, 6) is 0.570. The predicted molar refractivity (Wildman–Crippen MR) is 141 cm³/mol. The monoisotopic (exact) mass is 531 g/mol. The number of ether oxygens (including phenoxy) is 2. The SMILES string of the molecule is CCC(C)=Nc1ccc(-c2ccn3nc(N[C@@H]4CN(C5COC5)C[C@@H]4F)nc(OC)c23)cc1NCC(F)F. The van der Waals surface area contributed by atoms with Crippen LogP contribution in [0.4, 0.5) is 30.5 Å². The number of halogens is 3. The van der Waals surface area contributed by atoms with Gasteiger partial charge < -0.3 is 20.1 Å². The molecule has 1 aromatic carbocycles. The van der Waals surface area contributed by atoms with Crippen molar-refractivity contribution in [1.29, 1.82) is 0 Å². The molecule has 2 atom stereocenters. The lowest BCUT2D eigenvalue weighted by atomic mass is 10.1. The molecular weight excluding hydrogens is 499 g/mol. The van der Waals surface area contributed by atoms with Crippen molar-refractivity contribution in [3.63, 3.8) is 0 Å². The van der Waals surface area contributed by atoms with Gasteiger partial charge >= 0.3 is 0 Å². The summed E-state index contributed by atoms with van der Waals surface area (Å²) in [4.78, 5) is 11.2. The topological polar surface area (TPSA) is 88.3 Å². The second kappa shape index (κ2) is 11.2. The molecule has 204 valence electrons. The van der Waals surface area contributed by atoms with Gasteiger partial charge in [-0.2, -0.15) is 4.98 Å². The molecule has 2 saturated heterocycles. The quantitative estimate of drug-likeness (QED) is 0.375. The Morgan fingerprint density at radius 3 is 2.76 bits per heavy atom. The number of aliphatic imine (C=N–C) groups is 1. The molecule has 0 bridgehead atoms. The first-order chi connectivity index (χ1) is 18.4. The number of nitrogens with one attached hydrogen (secondary N) is 2. The smallest absolute Gasteiger partial charge is 0.255 e. The summed E-state index contributed by atoms with van der Waals surface area (Å²) in [7, 11) is 1.51. The van der Waals surface area contributed by atoms with E-state index in [1.807, 2.05) is 26.0 Å². The van der Waals surface area contributed by atoms with Crippen LogP contribution < -0.4 is 15.4 Å². The van der Waals surface area contributed by atoms with Crippen LogP contribution in [0.1, 0.15) is 20.3 Å². The highest BCUT2D eigenvalue weighted by molar-refractivity contribution is 5.90. The summed E-state index contributed by atoms with van der Waals surface area (Å²) in [6.07, 6.45) is -1.05. The fourth-order valence-corrected chi connectivity index (χ4v) is 4.67. The maximum Gasteiger partial charge on any atom is 0.255 e. The Morgan fingerprint density at radius 1 is 1.26 bits per heavy atom. The van der Waals surface area contributed by atoms with Crippen LogP contribution in [0, 0.1) is 0 Å². The molecule has 2 N–H and O–H groups in total. The van der Waals surface area contributed by atoms with E-state index >= 15 is 0 Å². The van der Waals surface area contributed by atoms with Gasteiger partial charge in [0.2, 0.25) is 11.8 Å². The molecule has 0 aliphatic carbocycles. The predicted octanol–water partition coefficient (Wildman–Crippen LogP) is 4.42. The Bertz CT molecular complexity index is 1310. The van der Waals surface area contributed by atoms with Crippen LogP contribution in [-0.4, -0.2) is 89.8 Å². The van der Waals surface area contributed by atoms with Crippen LogP contribution >= 0.6 is 0 Å². The first kappa shape index (κ1) is 26.2. The van der Waals surface area contributed by atoms with Crippen molar-refractivity contribution in [2.45, 2.75) is 44.9 Å². The molecular formula is C26H32F3N7O2. The molecule has 4 heterocycles. The number of nitrogens with zero attached hydrogens (tertiary/aromatic N) is 5. The van der Waals surface area contributed by atoms with Crippen molar-refractivity contribution in [2.24, 2.45) is 4.99 Å². The lowest BCUT2D eigenvalue weighted by Crippen LogP contribution is -2.48. The minimum atomic E-state index is -2.50. The third kappa shape index (κ3) is 5.41. The number of methoxy groups -OCH3 is 1. The number of fused-ring (bicyclic) bond motifs is 1. The number of hydrogen-bond donors (Lipinski definition) is 2.